The second-order valence-electron chi connectivity index (χ2n) is 7.71. The predicted molar refractivity (Wildman–Crippen MR) is 110 cm³/mol. The smallest absolute Gasteiger partial charge is 0.308 e. The summed E-state index contributed by atoms with van der Waals surface area (Å²) in [6.07, 6.45) is 7.22. The van der Waals surface area contributed by atoms with Crippen molar-refractivity contribution in [1.82, 2.24) is 0 Å². The second-order valence-corrected chi connectivity index (χ2v) is 7.71. The first-order valence-corrected chi connectivity index (χ1v) is 10.2. The van der Waals surface area contributed by atoms with Gasteiger partial charge < -0.3 is 14.6 Å². The molecule has 0 radical (unpaired) electrons. The maximum atomic E-state index is 11.6. The third kappa shape index (κ3) is 5.59. The van der Waals surface area contributed by atoms with Crippen molar-refractivity contribution >= 4 is 12.3 Å². The maximum Gasteiger partial charge on any atom is 0.308 e. The molecule has 29 heavy (non-hydrogen) atoms. The van der Waals surface area contributed by atoms with Crippen LogP contribution in [0.5, 0.6) is 11.5 Å². The highest BCUT2D eigenvalue weighted by atomic mass is 16.5. The van der Waals surface area contributed by atoms with Gasteiger partial charge in [0.15, 0.2) is 6.29 Å². The van der Waals surface area contributed by atoms with Crippen LogP contribution in [0.2, 0.25) is 0 Å². The molecule has 2 aliphatic rings. The highest BCUT2D eigenvalue weighted by Gasteiger charge is 2.23. The van der Waals surface area contributed by atoms with Gasteiger partial charge in [0.25, 0.3) is 0 Å². The minimum atomic E-state index is -0.230. The van der Waals surface area contributed by atoms with Crippen molar-refractivity contribution in [2.24, 2.45) is 5.92 Å². The van der Waals surface area contributed by atoms with Crippen LogP contribution < -0.4 is 4.74 Å². The number of aryl methyl sites for hydroxylation is 1. The molecule has 2 aromatic rings. The molecule has 1 fully saturated rings. The molecule has 4 rings (SSSR count). The molecule has 1 N–H and O–H groups in total. The standard InChI is InChI=1S/C21H22O5.C3H6/c1-13(21(24)25-2)9-14-3-4-15-6-8-19(26-20(15)10-14)16-5-7-18(23)17(11-16)12-22;1-2-3-1/h3-5,7,10-13,19,23H,6,8-9H2,1-2H3;1-3H2. The van der Waals surface area contributed by atoms with Gasteiger partial charge in [-0.05, 0) is 54.2 Å². The maximum absolute atomic E-state index is 11.6. The molecule has 1 aliphatic carbocycles. The van der Waals surface area contributed by atoms with Gasteiger partial charge in [-0.3, -0.25) is 9.59 Å². The number of phenols is 1. The quantitative estimate of drug-likeness (QED) is 0.581. The van der Waals surface area contributed by atoms with Gasteiger partial charge in [0.05, 0.1) is 18.6 Å². The Morgan fingerprint density at radius 2 is 2.00 bits per heavy atom. The molecule has 2 aromatic carbocycles. The van der Waals surface area contributed by atoms with Gasteiger partial charge in [-0.15, -0.1) is 0 Å². The Morgan fingerprint density at radius 1 is 1.24 bits per heavy atom. The number of phenolic OH excluding ortho intramolecular Hbond substituents is 1. The van der Waals surface area contributed by atoms with Gasteiger partial charge >= 0.3 is 5.97 Å². The van der Waals surface area contributed by atoms with E-state index < -0.39 is 0 Å². The number of methoxy groups -OCH3 is 1. The molecule has 0 spiro atoms. The van der Waals surface area contributed by atoms with Crippen LogP contribution in [0.3, 0.4) is 0 Å². The summed E-state index contributed by atoms with van der Waals surface area (Å²) in [7, 11) is 1.39. The molecule has 0 bridgehead atoms. The monoisotopic (exact) mass is 396 g/mol. The van der Waals surface area contributed by atoms with Gasteiger partial charge in [0.2, 0.25) is 0 Å². The molecule has 5 heteroatoms. The molecule has 154 valence electrons. The lowest BCUT2D eigenvalue weighted by Gasteiger charge is -2.27. The van der Waals surface area contributed by atoms with Crippen LogP contribution in [0.15, 0.2) is 36.4 Å². The summed E-state index contributed by atoms with van der Waals surface area (Å²) in [6, 6.07) is 11.0. The number of hydrogen-bond acceptors (Lipinski definition) is 5. The minimum Gasteiger partial charge on any atom is -0.507 e. The first-order valence-electron chi connectivity index (χ1n) is 10.2. The lowest BCUT2D eigenvalue weighted by molar-refractivity contribution is -0.144. The van der Waals surface area contributed by atoms with Gasteiger partial charge in [0.1, 0.15) is 17.6 Å². The number of fused-ring (bicyclic) bond motifs is 1. The van der Waals surface area contributed by atoms with Gasteiger partial charge in [-0.25, -0.2) is 0 Å². The molecule has 1 heterocycles. The van der Waals surface area contributed by atoms with Crippen molar-refractivity contribution in [2.45, 2.75) is 51.6 Å². The molecule has 0 saturated heterocycles. The van der Waals surface area contributed by atoms with Gasteiger partial charge in [-0.2, -0.15) is 0 Å². The van der Waals surface area contributed by atoms with E-state index >= 15 is 0 Å². The zero-order valence-electron chi connectivity index (χ0n) is 17.0. The Labute approximate surface area is 171 Å². The lowest BCUT2D eigenvalue weighted by Crippen LogP contribution is -2.17. The Morgan fingerprint density at radius 3 is 2.66 bits per heavy atom. The molecule has 5 nitrogen and oxygen atoms in total. The van der Waals surface area contributed by atoms with E-state index in [0.717, 1.165) is 35.3 Å². The van der Waals surface area contributed by atoms with Gasteiger partial charge in [0, 0.05) is 0 Å². The number of aldehydes is 1. The predicted octanol–water partition coefficient (Wildman–Crippen LogP) is 4.79. The Kier molecular flexibility index (Phi) is 6.91. The normalized spacial score (nSPS) is 17.7. The highest BCUT2D eigenvalue weighted by Crippen LogP contribution is 2.36. The van der Waals surface area contributed by atoms with Crippen LogP contribution in [-0.2, 0) is 22.4 Å². The second kappa shape index (κ2) is 9.59. The molecule has 1 aliphatic heterocycles. The van der Waals surface area contributed by atoms with Gasteiger partial charge in [-0.1, -0.05) is 44.4 Å². The molecule has 2 atom stereocenters. The van der Waals surface area contributed by atoms with Crippen molar-refractivity contribution in [1.29, 1.82) is 0 Å². The summed E-state index contributed by atoms with van der Waals surface area (Å²) in [6.45, 7) is 1.84. The third-order valence-electron chi connectivity index (χ3n) is 5.13. The van der Waals surface area contributed by atoms with E-state index in [1.807, 2.05) is 25.1 Å². The average Bonchev–Trinajstić information content (AvgIpc) is 3.62. The van der Waals surface area contributed by atoms with Crippen LogP contribution >= 0.6 is 0 Å². The summed E-state index contributed by atoms with van der Waals surface area (Å²) >= 11 is 0. The first-order chi connectivity index (χ1) is 14.0. The first kappa shape index (κ1) is 20.9. The molecular weight excluding hydrogens is 368 g/mol. The summed E-state index contributed by atoms with van der Waals surface area (Å²) < 4.78 is 10.9. The van der Waals surface area contributed by atoms with E-state index in [4.69, 9.17) is 9.47 Å². The van der Waals surface area contributed by atoms with E-state index in [9.17, 15) is 14.7 Å². The van der Waals surface area contributed by atoms with Crippen molar-refractivity contribution < 1.29 is 24.2 Å². The summed E-state index contributed by atoms with van der Waals surface area (Å²) in [5, 5.41) is 9.67. The SMILES string of the molecule is C1CC1.COC(=O)C(C)Cc1ccc2c(c1)OC(c1ccc(O)c(C=O)c1)CC2. The molecule has 0 aromatic heterocycles. The fourth-order valence-electron chi connectivity index (χ4n) is 3.28. The number of ether oxygens (including phenoxy) is 2. The van der Waals surface area contributed by atoms with Crippen LogP contribution in [0.1, 0.15) is 65.8 Å². The highest BCUT2D eigenvalue weighted by molar-refractivity contribution is 5.79. The zero-order chi connectivity index (χ0) is 20.8. The molecule has 1 saturated carbocycles. The van der Waals surface area contributed by atoms with E-state index in [0.29, 0.717) is 12.7 Å². The zero-order valence-corrected chi connectivity index (χ0v) is 17.0. The fourth-order valence-corrected chi connectivity index (χ4v) is 3.28. The van der Waals surface area contributed by atoms with Crippen LogP contribution in [-0.4, -0.2) is 24.5 Å². The topological polar surface area (TPSA) is 72.8 Å². The van der Waals surface area contributed by atoms with Crippen molar-refractivity contribution in [2.75, 3.05) is 7.11 Å². The number of esters is 1. The van der Waals surface area contributed by atoms with E-state index in [2.05, 4.69) is 0 Å². The fraction of sp³-hybridized carbons (Fsp3) is 0.417. The Balaban J connectivity index is 0.000000732. The van der Waals surface area contributed by atoms with Crippen molar-refractivity contribution in [3.8, 4) is 11.5 Å². The molecule has 0 amide bonds. The largest absolute Gasteiger partial charge is 0.507 e. The van der Waals surface area contributed by atoms with Crippen molar-refractivity contribution in [3.05, 3.63) is 58.7 Å². The number of carbonyl (C=O) groups is 2. The number of aromatic hydroxyl groups is 1. The molecule has 2 unspecified atom stereocenters. The van der Waals surface area contributed by atoms with E-state index in [-0.39, 0.29) is 29.3 Å². The Hall–Kier alpha value is -2.82. The number of rotatable bonds is 5. The summed E-state index contributed by atoms with van der Waals surface area (Å²) in [4.78, 5) is 22.7. The number of benzene rings is 2. The average molecular weight is 396 g/mol. The third-order valence-corrected chi connectivity index (χ3v) is 5.13. The lowest BCUT2D eigenvalue weighted by atomic mass is 9.94. The van der Waals surface area contributed by atoms with E-state index in [1.54, 1.807) is 12.1 Å². The summed E-state index contributed by atoms with van der Waals surface area (Å²) in [5.74, 6) is 0.326. The van der Waals surface area contributed by atoms with Crippen LogP contribution in [0.4, 0.5) is 0 Å². The Bertz CT molecular complexity index is 869. The number of hydrogen-bond donors (Lipinski definition) is 1. The number of carbonyl (C=O) groups excluding carboxylic acids is 2. The molecular formula is C24H28O5. The summed E-state index contributed by atoms with van der Waals surface area (Å²) in [5.41, 5.74) is 3.27. The van der Waals surface area contributed by atoms with Crippen molar-refractivity contribution in [3.63, 3.8) is 0 Å². The van der Waals surface area contributed by atoms with E-state index in [1.165, 1.54) is 32.4 Å². The minimum absolute atomic E-state index is 0.0287. The van der Waals surface area contributed by atoms with Crippen LogP contribution in [0.25, 0.3) is 0 Å². The van der Waals surface area contributed by atoms with Crippen LogP contribution in [0, 0.1) is 5.92 Å².